The molecule has 128 valence electrons. The van der Waals surface area contributed by atoms with Gasteiger partial charge < -0.3 is 9.84 Å². The lowest BCUT2D eigenvalue weighted by molar-refractivity contribution is -0.113. The average Bonchev–Trinajstić information content (AvgIpc) is 2.89. The summed E-state index contributed by atoms with van der Waals surface area (Å²) in [5.74, 6) is -0.191. The summed E-state index contributed by atoms with van der Waals surface area (Å²) in [6, 6.07) is 10.3. The number of phenols is 1. The van der Waals surface area contributed by atoms with E-state index >= 15 is 0 Å². The van der Waals surface area contributed by atoms with Crippen LogP contribution in [0.15, 0.2) is 50.2 Å². The molecule has 0 aliphatic carbocycles. The number of phenolic OH excluding ortho intramolecular Hbond substituents is 1. The third-order valence-electron chi connectivity index (χ3n) is 3.49. The van der Waals surface area contributed by atoms with Gasteiger partial charge in [0.15, 0.2) is 11.5 Å². The molecule has 1 aliphatic rings. The summed E-state index contributed by atoms with van der Waals surface area (Å²) in [5.41, 5.74) is 1.12. The molecule has 1 aliphatic heterocycles. The van der Waals surface area contributed by atoms with E-state index in [1.54, 1.807) is 36.4 Å². The fourth-order valence-electron chi connectivity index (χ4n) is 2.28. The molecule has 3 rings (SSSR count). The van der Waals surface area contributed by atoms with Crippen LogP contribution in [-0.2, 0) is 4.79 Å². The lowest BCUT2D eigenvalue weighted by Crippen LogP contribution is -2.27. The molecule has 1 saturated heterocycles. The van der Waals surface area contributed by atoms with Gasteiger partial charge in [-0.2, -0.15) is 0 Å². The molecule has 0 spiro atoms. The second-order valence-corrected chi connectivity index (χ2v) is 7.58. The number of imide groups is 1. The van der Waals surface area contributed by atoms with Crippen LogP contribution < -0.4 is 9.64 Å². The quantitative estimate of drug-likeness (QED) is 0.609. The van der Waals surface area contributed by atoms with Crippen LogP contribution in [0.3, 0.4) is 0 Å². The average molecular weight is 485 g/mol. The molecule has 8 heteroatoms. The molecule has 5 nitrogen and oxygen atoms in total. The monoisotopic (exact) mass is 483 g/mol. The van der Waals surface area contributed by atoms with Gasteiger partial charge in [0.1, 0.15) is 0 Å². The number of nitrogens with zero attached hydrogens (tertiary/aromatic N) is 1. The number of methoxy groups -OCH3 is 1. The SMILES string of the molecule is COc1cc(C=C2SC(=O)N(c3ccccc3)C2=O)c(Br)c(Br)c1O. The summed E-state index contributed by atoms with van der Waals surface area (Å²) in [4.78, 5) is 26.3. The van der Waals surface area contributed by atoms with E-state index < -0.39 is 5.91 Å². The number of ether oxygens (including phenoxy) is 1. The lowest BCUT2D eigenvalue weighted by atomic mass is 10.1. The van der Waals surface area contributed by atoms with Crippen molar-refractivity contribution < 1.29 is 19.4 Å². The summed E-state index contributed by atoms with van der Waals surface area (Å²) < 4.78 is 6.08. The van der Waals surface area contributed by atoms with Crippen LogP contribution in [0, 0.1) is 0 Å². The Morgan fingerprint density at radius 1 is 1.16 bits per heavy atom. The van der Waals surface area contributed by atoms with Crippen molar-refractivity contribution in [2.24, 2.45) is 0 Å². The molecule has 0 bridgehead atoms. The highest BCUT2D eigenvalue weighted by atomic mass is 79.9. The Hall–Kier alpha value is -1.77. The number of halogens is 2. The molecule has 0 atom stereocenters. The minimum atomic E-state index is -0.392. The normalized spacial score (nSPS) is 16.0. The first kappa shape index (κ1) is 18.0. The van der Waals surface area contributed by atoms with Crippen molar-refractivity contribution in [2.45, 2.75) is 0 Å². The zero-order valence-electron chi connectivity index (χ0n) is 12.8. The molecule has 0 saturated carbocycles. The van der Waals surface area contributed by atoms with E-state index in [1.165, 1.54) is 7.11 Å². The predicted molar refractivity (Wildman–Crippen MR) is 105 cm³/mol. The number of carbonyl (C=O) groups is 2. The second-order valence-electron chi connectivity index (χ2n) is 5.00. The van der Waals surface area contributed by atoms with E-state index in [4.69, 9.17) is 4.74 Å². The number of anilines is 1. The van der Waals surface area contributed by atoms with Crippen LogP contribution in [0.1, 0.15) is 5.56 Å². The molecule has 0 radical (unpaired) electrons. The van der Waals surface area contributed by atoms with Crippen LogP contribution in [0.4, 0.5) is 10.5 Å². The van der Waals surface area contributed by atoms with Crippen LogP contribution in [0.25, 0.3) is 6.08 Å². The van der Waals surface area contributed by atoms with E-state index in [0.29, 0.717) is 20.2 Å². The fraction of sp³-hybridized carbons (Fsp3) is 0.0588. The van der Waals surface area contributed by atoms with Gasteiger partial charge in [-0.05, 0) is 73.5 Å². The van der Waals surface area contributed by atoms with Crippen LogP contribution in [-0.4, -0.2) is 23.4 Å². The number of benzene rings is 2. The highest BCUT2D eigenvalue weighted by Gasteiger charge is 2.36. The van der Waals surface area contributed by atoms with Gasteiger partial charge in [-0.1, -0.05) is 18.2 Å². The van der Waals surface area contributed by atoms with Gasteiger partial charge in [0.25, 0.3) is 11.1 Å². The van der Waals surface area contributed by atoms with Crippen molar-refractivity contribution in [3.8, 4) is 11.5 Å². The summed E-state index contributed by atoms with van der Waals surface area (Å²) in [5, 5.41) is 9.63. The third-order valence-corrected chi connectivity index (χ3v) is 6.52. The number of carbonyl (C=O) groups excluding carboxylic acids is 2. The molecular formula is C17H11Br2NO4S. The van der Waals surface area contributed by atoms with E-state index in [1.807, 2.05) is 6.07 Å². The van der Waals surface area contributed by atoms with Crippen molar-refractivity contribution in [2.75, 3.05) is 12.0 Å². The minimum absolute atomic E-state index is 0.0519. The number of thioether (sulfide) groups is 1. The molecule has 25 heavy (non-hydrogen) atoms. The van der Waals surface area contributed by atoms with E-state index in [2.05, 4.69) is 31.9 Å². The minimum Gasteiger partial charge on any atom is -0.503 e. The van der Waals surface area contributed by atoms with E-state index in [9.17, 15) is 14.7 Å². The number of hydrogen-bond donors (Lipinski definition) is 1. The third kappa shape index (κ3) is 3.33. The van der Waals surface area contributed by atoms with Crippen molar-refractivity contribution in [1.29, 1.82) is 0 Å². The van der Waals surface area contributed by atoms with Gasteiger partial charge in [0, 0.05) is 4.47 Å². The van der Waals surface area contributed by atoms with Crippen LogP contribution in [0.2, 0.25) is 0 Å². The van der Waals surface area contributed by atoms with Crippen molar-refractivity contribution in [3.05, 3.63) is 55.8 Å². The van der Waals surface area contributed by atoms with Crippen molar-refractivity contribution >= 4 is 66.5 Å². The molecule has 2 aromatic carbocycles. The summed E-state index contributed by atoms with van der Waals surface area (Å²) in [7, 11) is 1.43. The Balaban J connectivity index is 2.02. The smallest absolute Gasteiger partial charge is 0.298 e. The van der Waals surface area contributed by atoms with Gasteiger partial charge in [-0.15, -0.1) is 0 Å². The Morgan fingerprint density at radius 2 is 1.84 bits per heavy atom. The molecule has 2 amide bonds. The Morgan fingerprint density at radius 3 is 2.48 bits per heavy atom. The van der Waals surface area contributed by atoms with E-state index in [0.717, 1.165) is 16.7 Å². The second kappa shape index (κ2) is 7.23. The van der Waals surface area contributed by atoms with Gasteiger partial charge in [-0.25, -0.2) is 4.90 Å². The molecule has 1 N–H and O–H groups in total. The van der Waals surface area contributed by atoms with Gasteiger partial charge in [0.05, 0.1) is 22.2 Å². The number of para-hydroxylation sites is 1. The first-order valence-electron chi connectivity index (χ1n) is 7.02. The molecule has 1 heterocycles. The summed E-state index contributed by atoms with van der Waals surface area (Å²) >= 11 is 7.50. The number of rotatable bonds is 3. The predicted octanol–water partition coefficient (Wildman–Crippen LogP) is 5.17. The van der Waals surface area contributed by atoms with Crippen LogP contribution >= 0.6 is 43.6 Å². The largest absolute Gasteiger partial charge is 0.503 e. The van der Waals surface area contributed by atoms with Gasteiger partial charge in [-0.3, -0.25) is 9.59 Å². The molecule has 0 aromatic heterocycles. The standard InChI is InChI=1S/C17H11Br2NO4S/c1-24-11-7-9(13(18)14(19)15(11)21)8-12-16(22)20(17(23)25-12)10-5-3-2-4-6-10/h2-8,21H,1H3. The maximum absolute atomic E-state index is 12.6. The number of hydrogen-bond acceptors (Lipinski definition) is 5. The number of aromatic hydroxyl groups is 1. The Labute approximate surface area is 164 Å². The maximum atomic E-state index is 12.6. The van der Waals surface area contributed by atoms with Gasteiger partial charge >= 0.3 is 0 Å². The zero-order chi connectivity index (χ0) is 18.1. The highest BCUT2D eigenvalue weighted by Crippen LogP contribution is 2.44. The molecule has 2 aromatic rings. The number of amides is 2. The van der Waals surface area contributed by atoms with Crippen LogP contribution in [0.5, 0.6) is 11.5 Å². The first-order chi connectivity index (χ1) is 11.9. The first-order valence-corrected chi connectivity index (χ1v) is 9.42. The summed E-state index contributed by atoms with van der Waals surface area (Å²) in [6.45, 7) is 0. The fourth-order valence-corrected chi connectivity index (χ4v) is 3.95. The lowest BCUT2D eigenvalue weighted by Gasteiger charge is -2.12. The molecular weight excluding hydrogens is 474 g/mol. The maximum Gasteiger partial charge on any atom is 0.298 e. The van der Waals surface area contributed by atoms with E-state index in [-0.39, 0.29) is 21.6 Å². The molecule has 1 fully saturated rings. The Kier molecular flexibility index (Phi) is 5.21. The topological polar surface area (TPSA) is 66.8 Å². The zero-order valence-corrected chi connectivity index (χ0v) is 16.8. The molecule has 0 unspecified atom stereocenters. The summed E-state index contributed by atoms with van der Waals surface area (Å²) in [6.07, 6.45) is 1.59. The highest BCUT2D eigenvalue weighted by molar-refractivity contribution is 9.13. The van der Waals surface area contributed by atoms with Gasteiger partial charge in [0.2, 0.25) is 0 Å². The van der Waals surface area contributed by atoms with Crippen molar-refractivity contribution in [3.63, 3.8) is 0 Å². The Bertz CT molecular complexity index is 899. The van der Waals surface area contributed by atoms with Crippen molar-refractivity contribution in [1.82, 2.24) is 0 Å².